The van der Waals surface area contributed by atoms with Crippen molar-refractivity contribution in [2.24, 2.45) is 5.92 Å². The fourth-order valence-corrected chi connectivity index (χ4v) is 2.94. The molecule has 1 aliphatic rings. The minimum atomic E-state index is -0.305. The molecule has 0 bridgehead atoms. The second kappa shape index (κ2) is 7.81. The molecule has 6 nitrogen and oxygen atoms in total. The van der Waals surface area contributed by atoms with Crippen LogP contribution in [0, 0.1) is 23.1 Å². The van der Waals surface area contributed by atoms with Crippen molar-refractivity contribution in [3.63, 3.8) is 0 Å². The Morgan fingerprint density at radius 3 is 2.72 bits per heavy atom. The predicted molar refractivity (Wildman–Crippen MR) is 89.8 cm³/mol. The van der Waals surface area contributed by atoms with Gasteiger partial charge in [-0.3, -0.25) is 15.0 Å². The number of piperidine rings is 1. The quantitative estimate of drug-likeness (QED) is 0.924. The first-order chi connectivity index (χ1) is 12.2. The molecule has 0 unspecified atom stereocenters. The maximum atomic E-state index is 13.9. The standard InChI is InChI=1S/C18H18FN5O/c19-16-3-2-13(11-20)10-15(16)12-24-8-4-14(5-9-24)17(25)23-18-21-6-1-7-22-18/h1-3,6-7,10,14H,4-5,8-9,12H2,(H,21,22,23,25). The van der Waals surface area contributed by atoms with Gasteiger partial charge in [0, 0.05) is 30.4 Å². The van der Waals surface area contributed by atoms with Crippen LogP contribution in [0.2, 0.25) is 0 Å². The van der Waals surface area contributed by atoms with Gasteiger partial charge in [0.15, 0.2) is 0 Å². The molecule has 0 saturated carbocycles. The highest BCUT2D eigenvalue weighted by molar-refractivity contribution is 5.90. The molecule has 2 aromatic rings. The lowest BCUT2D eigenvalue weighted by atomic mass is 9.95. The fraction of sp³-hybridized carbons (Fsp3) is 0.333. The van der Waals surface area contributed by atoms with Crippen LogP contribution >= 0.6 is 0 Å². The summed E-state index contributed by atoms with van der Waals surface area (Å²) in [6.07, 6.45) is 4.54. The first-order valence-corrected chi connectivity index (χ1v) is 8.14. The number of halogens is 1. The van der Waals surface area contributed by atoms with Crippen molar-refractivity contribution < 1.29 is 9.18 Å². The molecule has 1 aromatic carbocycles. The molecule has 7 heteroatoms. The molecule has 3 rings (SSSR count). The number of nitrogens with zero attached hydrogens (tertiary/aromatic N) is 4. The molecular weight excluding hydrogens is 321 g/mol. The fourth-order valence-electron chi connectivity index (χ4n) is 2.94. The zero-order valence-electron chi connectivity index (χ0n) is 13.7. The van der Waals surface area contributed by atoms with E-state index in [2.05, 4.69) is 20.2 Å². The Bertz CT molecular complexity index is 782. The number of aromatic nitrogens is 2. The van der Waals surface area contributed by atoms with Gasteiger partial charge in [-0.25, -0.2) is 14.4 Å². The summed E-state index contributed by atoms with van der Waals surface area (Å²) in [6.45, 7) is 1.84. The Morgan fingerprint density at radius 2 is 2.04 bits per heavy atom. The molecule has 128 valence electrons. The second-order valence-corrected chi connectivity index (χ2v) is 6.03. The number of hydrogen-bond acceptors (Lipinski definition) is 5. The van der Waals surface area contributed by atoms with Crippen molar-refractivity contribution in [1.29, 1.82) is 5.26 Å². The average molecular weight is 339 g/mol. The summed E-state index contributed by atoms with van der Waals surface area (Å²) in [7, 11) is 0. The Hall–Kier alpha value is -2.85. The summed E-state index contributed by atoms with van der Waals surface area (Å²) in [5, 5.41) is 11.7. The van der Waals surface area contributed by atoms with Gasteiger partial charge in [-0.15, -0.1) is 0 Å². The lowest BCUT2D eigenvalue weighted by molar-refractivity contribution is -0.121. The molecule has 0 aliphatic carbocycles. The number of benzene rings is 1. The molecule has 2 heterocycles. The van der Waals surface area contributed by atoms with E-state index in [1.807, 2.05) is 6.07 Å². The van der Waals surface area contributed by atoms with Gasteiger partial charge in [-0.05, 0) is 50.2 Å². The van der Waals surface area contributed by atoms with Gasteiger partial charge >= 0.3 is 0 Å². The highest BCUT2D eigenvalue weighted by Crippen LogP contribution is 2.21. The molecule has 1 aromatic heterocycles. The molecular formula is C18H18FN5O. The molecule has 1 saturated heterocycles. The average Bonchev–Trinajstić information content (AvgIpc) is 2.65. The Morgan fingerprint density at radius 1 is 1.32 bits per heavy atom. The van der Waals surface area contributed by atoms with Crippen molar-refractivity contribution in [1.82, 2.24) is 14.9 Å². The molecule has 0 radical (unpaired) electrons. The van der Waals surface area contributed by atoms with Crippen LogP contribution in [-0.2, 0) is 11.3 Å². The second-order valence-electron chi connectivity index (χ2n) is 6.03. The van der Waals surface area contributed by atoms with Crippen LogP contribution in [0.1, 0.15) is 24.0 Å². The number of nitriles is 1. The van der Waals surface area contributed by atoms with E-state index in [1.54, 1.807) is 24.5 Å². The van der Waals surface area contributed by atoms with Gasteiger partial charge in [-0.2, -0.15) is 5.26 Å². The van der Waals surface area contributed by atoms with E-state index in [0.29, 0.717) is 49.6 Å². The van der Waals surface area contributed by atoms with E-state index < -0.39 is 0 Å². The smallest absolute Gasteiger partial charge is 0.229 e. The summed E-state index contributed by atoms with van der Waals surface area (Å²) in [5.74, 6) is -0.177. The zero-order chi connectivity index (χ0) is 17.6. The molecule has 1 amide bonds. The van der Waals surface area contributed by atoms with Crippen LogP contribution in [0.4, 0.5) is 10.3 Å². The monoisotopic (exact) mass is 339 g/mol. The van der Waals surface area contributed by atoms with Crippen molar-refractivity contribution >= 4 is 11.9 Å². The maximum absolute atomic E-state index is 13.9. The number of amides is 1. The van der Waals surface area contributed by atoms with Crippen LogP contribution in [0.3, 0.4) is 0 Å². The molecule has 0 spiro atoms. The van der Waals surface area contributed by atoms with Crippen molar-refractivity contribution in [2.75, 3.05) is 18.4 Å². The number of carbonyl (C=O) groups is 1. The van der Waals surface area contributed by atoms with E-state index >= 15 is 0 Å². The minimum absolute atomic E-state index is 0.0801. The van der Waals surface area contributed by atoms with Gasteiger partial charge in [-0.1, -0.05) is 0 Å². The number of rotatable bonds is 4. The zero-order valence-corrected chi connectivity index (χ0v) is 13.7. The summed E-state index contributed by atoms with van der Waals surface area (Å²) >= 11 is 0. The van der Waals surface area contributed by atoms with Gasteiger partial charge in [0.1, 0.15) is 5.82 Å². The van der Waals surface area contributed by atoms with E-state index in [-0.39, 0.29) is 17.6 Å². The summed E-state index contributed by atoms with van der Waals surface area (Å²) in [5.41, 5.74) is 0.966. The summed E-state index contributed by atoms with van der Waals surface area (Å²) < 4.78 is 13.9. The number of nitrogens with one attached hydrogen (secondary N) is 1. The van der Waals surface area contributed by atoms with Crippen LogP contribution < -0.4 is 5.32 Å². The van der Waals surface area contributed by atoms with E-state index in [9.17, 15) is 9.18 Å². The van der Waals surface area contributed by atoms with Crippen molar-refractivity contribution in [2.45, 2.75) is 19.4 Å². The third-order valence-electron chi connectivity index (χ3n) is 4.33. The predicted octanol–water partition coefficient (Wildman–Crippen LogP) is 2.34. The lowest BCUT2D eigenvalue weighted by Crippen LogP contribution is -2.38. The van der Waals surface area contributed by atoms with Gasteiger partial charge < -0.3 is 0 Å². The number of anilines is 1. The van der Waals surface area contributed by atoms with E-state index in [1.165, 1.54) is 12.1 Å². The maximum Gasteiger partial charge on any atom is 0.229 e. The summed E-state index contributed by atoms with van der Waals surface area (Å²) in [4.78, 5) is 22.3. The van der Waals surface area contributed by atoms with Crippen molar-refractivity contribution in [3.8, 4) is 6.07 Å². The number of carbonyl (C=O) groups excluding carboxylic acids is 1. The van der Waals surface area contributed by atoms with E-state index in [0.717, 1.165) is 0 Å². The highest BCUT2D eigenvalue weighted by Gasteiger charge is 2.25. The third-order valence-corrected chi connectivity index (χ3v) is 4.33. The normalized spacial score (nSPS) is 15.5. The third kappa shape index (κ3) is 4.37. The van der Waals surface area contributed by atoms with Crippen molar-refractivity contribution in [3.05, 3.63) is 53.6 Å². The molecule has 1 N–H and O–H groups in total. The largest absolute Gasteiger partial charge is 0.299 e. The molecule has 1 aliphatic heterocycles. The highest BCUT2D eigenvalue weighted by atomic mass is 19.1. The first kappa shape index (κ1) is 17.0. The van der Waals surface area contributed by atoms with Gasteiger partial charge in [0.05, 0.1) is 11.6 Å². The summed E-state index contributed by atoms with van der Waals surface area (Å²) in [6, 6.07) is 8.10. The topological polar surface area (TPSA) is 81.9 Å². The number of likely N-dealkylation sites (tertiary alicyclic amines) is 1. The SMILES string of the molecule is N#Cc1ccc(F)c(CN2CCC(C(=O)Nc3ncccn3)CC2)c1. The van der Waals surface area contributed by atoms with Crippen LogP contribution in [0.15, 0.2) is 36.7 Å². The Labute approximate surface area is 145 Å². The van der Waals surface area contributed by atoms with Crippen LogP contribution in [0.5, 0.6) is 0 Å². The van der Waals surface area contributed by atoms with Crippen LogP contribution in [-0.4, -0.2) is 33.9 Å². The van der Waals surface area contributed by atoms with Crippen LogP contribution in [0.25, 0.3) is 0 Å². The van der Waals surface area contributed by atoms with Gasteiger partial charge in [0.2, 0.25) is 11.9 Å². The van der Waals surface area contributed by atoms with Gasteiger partial charge in [0.25, 0.3) is 0 Å². The molecule has 1 fully saturated rings. The van der Waals surface area contributed by atoms with E-state index in [4.69, 9.17) is 5.26 Å². The molecule has 25 heavy (non-hydrogen) atoms. The lowest BCUT2D eigenvalue weighted by Gasteiger charge is -2.31. The first-order valence-electron chi connectivity index (χ1n) is 8.14. The Kier molecular flexibility index (Phi) is 5.31. The minimum Gasteiger partial charge on any atom is -0.299 e. The molecule has 0 atom stereocenters. The Balaban J connectivity index is 1.54. The number of hydrogen-bond donors (Lipinski definition) is 1.